The van der Waals surface area contributed by atoms with E-state index in [1.165, 1.54) is 6.33 Å². The van der Waals surface area contributed by atoms with Crippen LogP contribution in [0.15, 0.2) is 30.6 Å². The Labute approximate surface area is 104 Å². The number of hydrogen-bond donors (Lipinski definition) is 2. The van der Waals surface area contributed by atoms with Crippen LogP contribution in [0.25, 0.3) is 11.0 Å². The number of nitrogens with one attached hydrogen (secondary N) is 2. The number of aromatic amines is 1. The Kier molecular flexibility index (Phi) is 2.77. The molecule has 0 unspecified atom stereocenters. The molecule has 3 aromatic rings. The largest absolute Gasteiger partial charge is 0.330 e. The molecule has 0 aliphatic heterocycles. The molecule has 0 aliphatic rings. The zero-order chi connectivity index (χ0) is 12.4. The van der Waals surface area contributed by atoms with E-state index in [4.69, 9.17) is 0 Å². The van der Waals surface area contributed by atoms with Gasteiger partial charge in [-0.3, -0.25) is 5.10 Å². The van der Waals surface area contributed by atoms with Gasteiger partial charge in [-0.2, -0.15) is 5.10 Å². The maximum atomic E-state index is 4.59. The van der Waals surface area contributed by atoms with Crippen molar-refractivity contribution in [1.29, 1.82) is 0 Å². The van der Waals surface area contributed by atoms with Crippen LogP contribution in [0.4, 0.5) is 0 Å². The molecule has 2 heterocycles. The number of aromatic nitrogens is 5. The number of para-hydroxylation sites is 2. The molecular weight excluding hydrogens is 228 g/mol. The van der Waals surface area contributed by atoms with Crippen molar-refractivity contribution in [3.8, 4) is 0 Å². The molecule has 18 heavy (non-hydrogen) atoms. The molecule has 0 bridgehead atoms. The molecule has 0 saturated heterocycles. The highest BCUT2D eigenvalue weighted by atomic mass is 15.2. The zero-order valence-corrected chi connectivity index (χ0v) is 10.1. The van der Waals surface area contributed by atoms with E-state index in [0.29, 0.717) is 13.1 Å². The monoisotopic (exact) mass is 242 g/mol. The summed E-state index contributed by atoms with van der Waals surface area (Å²) in [7, 11) is 2.03. The summed E-state index contributed by atoms with van der Waals surface area (Å²) in [6.45, 7) is 1.36. The first kappa shape index (κ1) is 10.9. The van der Waals surface area contributed by atoms with Gasteiger partial charge in [-0.15, -0.1) is 0 Å². The van der Waals surface area contributed by atoms with Gasteiger partial charge in [-0.25, -0.2) is 9.97 Å². The molecule has 92 valence electrons. The van der Waals surface area contributed by atoms with E-state index in [1.54, 1.807) is 0 Å². The van der Waals surface area contributed by atoms with E-state index >= 15 is 0 Å². The van der Waals surface area contributed by atoms with Crippen molar-refractivity contribution >= 4 is 11.0 Å². The van der Waals surface area contributed by atoms with Crippen LogP contribution in [0.1, 0.15) is 11.6 Å². The van der Waals surface area contributed by atoms with Gasteiger partial charge < -0.3 is 9.88 Å². The summed E-state index contributed by atoms with van der Waals surface area (Å²) in [5.41, 5.74) is 2.17. The highest BCUT2D eigenvalue weighted by Gasteiger charge is 2.06. The number of hydrogen-bond acceptors (Lipinski definition) is 4. The Morgan fingerprint density at radius 2 is 2.17 bits per heavy atom. The molecule has 0 aliphatic carbocycles. The first-order valence-corrected chi connectivity index (χ1v) is 5.80. The molecule has 6 nitrogen and oxygen atoms in total. The minimum atomic E-state index is 0.656. The number of benzene rings is 1. The molecule has 0 radical (unpaired) electrons. The predicted molar refractivity (Wildman–Crippen MR) is 67.6 cm³/mol. The number of rotatable bonds is 4. The van der Waals surface area contributed by atoms with Crippen LogP contribution < -0.4 is 5.32 Å². The van der Waals surface area contributed by atoms with Crippen molar-refractivity contribution in [2.24, 2.45) is 7.05 Å². The van der Waals surface area contributed by atoms with Crippen molar-refractivity contribution in [2.75, 3.05) is 0 Å². The van der Waals surface area contributed by atoms with E-state index in [0.717, 1.165) is 22.7 Å². The number of nitrogens with zero attached hydrogens (tertiary/aromatic N) is 4. The third-order valence-corrected chi connectivity index (χ3v) is 2.92. The van der Waals surface area contributed by atoms with Crippen LogP contribution in [-0.2, 0) is 20.1 Å². The number of H-pyrrole nitrogens is 1. The van der Waals surface area contributed by atoms with Gasteiger partial charge >= 0.3 is 0 Å². The molecule has 0 saturated carbocycles. The predicted octanol–water partition coefficient (Wildman–Crippen LogP) is 0.981. The Hall–Kier alpha value is -2.21. The molecule has 0 fully saturated rings. The fourth-order valence-corrected chi connectivity index (χ4v) is 1.96. The second-order valence-corrected chi connectivity index (χ2v) is 4.11. The fraction of sp³-hybridized carbons (Fsp3) is 0.250. The number of imidazole rings is 1. The number of aryl methyl sites for hydroxylation is 1. The zero-order valence-electron chi connectivity index (χ0n) is 10.1. The summed E-state index contributed by atoms with van der Waals surface area (Å²) in [5.74, 6) is 1.84. The normalized spacial score (nSPS) is 11.2. The minimum absolute atomic E-state index is 0.656. The van der Waals surface area contributed by atoms with E-state index in [1.807, 2.05) is 25.2 Å². The van der Waals surface area contributed by atoms with E-state index in [-0.39, 0.29) is 0 Å². The molecule has 1 aromatic carbocycles. The minimum Gasteiger partial charge on any atom is -0.330 e. The van der Waals surface area contributed by atoms with Crippen LogP contribution in [0.2, 0.25) is 0 Å². The molecular formula is C12H14N6. The fourth-order valence-electron chi connectivity index (χ4n) is 1.96. The Bertz CT molecular complexity index is 640. The lowest BCUT2D eigenvalue weighted by atomic mass is 10.3. The van der Waals surface area contributed by atoms with Gasteiger partial charge in [0.1, 0.15) is 18.0 Å². The summed E-state index contributed by atoms with van der Waals surface area (Å²) in [6, 6.07) is 8.12. The van der Waals surface area contributed by atoms with Gasteiger partial charge in [0.2, 0.25) is 0 Å². The first-order chi connectivity index (χ1) is 8.84. The average Bonchev–Trinajstić information content (AvgIpc) is 3.00. The second-order valence-electron chi connectivity index (χ2n) is 4.11. The van der Waals surface area contributed by atoms with E-state index < -0.39 is 0 Å². The SMILES string of the molecule is Cn1c(CNCc2ncn[nH]2)nc2ccccc21. The lowest BCUT2D eigenvalue weighted by Gasteiger charge is -2.03. The summed E-state index contributed by atoms with van der Waals surface area (Å²) in [5, 5.41) is 9.91. The molecule has 3 rings (SSSR count). The van der Waals surface area contributed by atoms with Gasteiger partial charge in [0.25, 0.3) is 0 Å². The van der Waals surface area contributed by atoms with Crippen molar-refractivity contribution in [3.63, 3.8) is 0 Å². The van der Waals surface area contributed by atoms with Crippen LogP contribution >= 0.6 is 0 Å². The molecule has 2 N–H and O–H groups in total. The van der Waals surface area contributed by atoms with E-state index in [9.17, 15) is 0 Å². The maximum absolute atomic E-state index is 4.59. The van der Waals surface area contributed by atoms with Crippen molar-refractivity contribution in [3.05, 3.63) is 42.2 Å². The Morgan fingerprint density at radius 3 is 2.94 bits per heavy atom. The molecule has 6 heteroatoms. The van der Waals surface area contributed by atoms with Crippen LogP contribution in [0.3, 0.4) is 0 Å². The molecule has 0 spiro atoms. The third kappa shape index (κ3) is 1.98. The highest BCUT2D eigenvalue weighted by molar-refractivity contribution is 5.75. The third-order valence-electron chi connectivity index (χ3n) is 2.92. The quantitative estimate of drug-likeness (QED) is 0.715. The van der Waals surface area contributed by atoms with Gasteiger partial charge in [0.05, 0.1) is 24.1 Å². The first-order valence-electron chi connectivity index (χ1n) is 5.80. The summed E-state index contributed by atoms with van der Waals surface area (Å²) >= 11 is 0. The maximum Gasteiger partial charge on any atom is 0.138 e. The summed E-state index contributed by atoms with van der Waals surface area (Å²) in [6.07, 6.45) is 1.51. The standard InChI is InChI=1S/C12H14N6/c1-18-10-5-3-2-4-9(10)16-12(18)7-13-6-11-14-8-15-17-11/h2-5,8,13H,6-7H2,1H3,(H,14,15,17). The lowest BCUT2D eigenvalue weighted by molar-refractivity contribution is 0.625. The van der Waals surface area contributed by atoms with Gasteiger partial charge in [-0.1, -0.05) is 12.1 Å². The second kappa shape index (κ2) is 4.58. The van der Waals surface area contributed by atoms with Gasteiger partial charge in [0, 0.05) is 7.05 Å². The smallest absolute Gasteiger partial charge is 0.138 e. The van der Waals surface area contributed by atoms with Crippen LogP contribution in [-0.4, -0.2) is 24.7 Å². The van der Waals surface area contributed by atoms with E-state index in [2.05, 4.69) is 36.1 Å². The summed E-state index contributed by atoms with van der Waals surface area (Å²) < 4.78 is 2.10. The highest BCUT2D eigenvalue weighted by Crippen LogP contribution is 2.13. The Morgan fingerprint density at radius 1 is 1.28 bits per heavy atom. The van der Waals surface area contributed by atoms with Gasteiger partial charge in [-0.05, 0) is 12.1 Å². The molecule has 2 aromatic heterocycles. The van der Waals surface area contributed by atoms with Crippen molar-refractivity contribution < 1.29 is 0 Å². The van der Waals surface area contributed by atoms with Crippen molar-refractivity contribution in [1.82, 2.24) is 30.0 Å². The lowest BCUT2D eigenvalue weighted by Crippen LogP contribution is -2.16. The average molecular weight is 242 g/mol. The molecule has 0 amide bonds. The summed E-state index contributed by atoms with van der Waals surface area (Å²) in [4.78, 5) is 8.64. The van der Waals surface area contributed by atoms with Crippen LogP contribution in [0, 0.1) is 0 Å². The number of fused-ring (bicyclic) bond motifs is 1. The topological polar surface area (TPSA) is 71.4 Å². The van der Waals surface area contributed by atoms with Gasteiger partial charge in [0.15, 0.2) is 0 Å². The van der Waals surface area contributed by atoms with Crippen molar-refractivity contribution in [2.45, 2.75) is 13.1 Å². The molecule has 0 atom stereocenters. The van der Waals surface area contributed by atoms with Crippen LogP contribution in [0.5, 0.6) is 0 Å². The Balaban J connectivity index is 1.73.